The highest BCUT2D eigenvalue weighted by Crippen LogP contribution is 2.33. The van der Waals surface area contributed by atoms with E-state index in [-0.39, 0.29) is 11.7 Å². The number of carbonyl (C=O) groups is 1. The zero-order chi connectivity index (χ0) is 19.9. The van der Waals surface area contributed by atoms with Crippen LogP contribution in [0.1, 0.15) is 22.8 Å². The number of aliphatic imine (C=N–C) groups is 1. The van der Waals surface area contributed by atoms with E-state index in [4.69, 9.17) is 4.74 Å². The number of benzene rings is 3. The SMILES string of the molecule is CCOc1cc(Br)cc(C=Nc2cccc(NC(=O)c3ccccc3)c2)c1O. The number of rotatable bonds is 6. The van der Waals surface area contributed by atoms with Crippen LogP contribution in [0.25, 0.3) is 0 Å². The number of carbonyl (C=O) groups excluding carboxylic acids is 1. The van der Waals surface area contributed by atoms with E-state index in [1.807, 2.05) is 31.2 Å². The molecule has 0 heterocycles. The third-order valence-electron chi connectivity index (χ3n) is 3.86. The average molecular weight is 439 g/mol. The van der Waals surface area contributed by atoms with Gasteiger partial charge in [-0.15, -0.1) is 0 Å². The first kappa shape index (κ1) is 19.6. The van der Waals surface area contributed by atoms with Crippen LogP contribution >= 0.6 is 15.9 Å². The highest BCUT2D eigenvalue weighted by atomic mass is 79.9. The van der Waals surface area contributed by atoms with Crippen LogP contribution in [0, 0.1) is 0 Å². The fourth-order valence-corrected chi connectivity index (χ4v) is 3.01. The Hall–Kier alpha value is -3.12. The third-order valence-corrected chi connectivity index (χ3v) is 4.32. The van der Waals surface area contributed by atoms with Crippen molar-refractivity contribution in [1.29, 1.82) is 0 Å². The molecule has 3 rings (SSSR count). The van der Waals surface area contributed by atoms with Gasteiger partial charge in [-0.25, -0.2) is 0 Å². The van der Waals surface area contributed by atoms with Crippen LogP contribution in [-0.4, -0.2) is 23.8 Å². The van der Waals surface area contributed by atoms with Gasteiger partial charge in [-0.05, 0) is 49.4 Å². The minimum atomic E-state index is -0.187. The molecule has 142 valence electrons. The van der Waals surface area contributed by atoms with Gasteiger partial charge in [0, 0.05) is 27.5 Å². The Morgan fingerprint density at radius 1 is 1.14 bits per heavy atom. The summed E-state index contributed by atoms with van der Waals surface area (Å²) >= 11 is 3.40. The van der Waals surface area contributed by atoms with E-state index in [0.717, 1.165) is 4.47 Å². The Kier molecular flexibility index (Phi) is 6.45. The minimum Gasteiger partial charge on any atom is -0.504 e. The summed E-state index contributed by atoms with van der Waals surface area (Å²) < 4.78 is 6.20. The van der Waals surface area contributed by atoms with Crippen molar-refractivity contribution in [2.24, 2.45) is 4.99 Å². The normalized spacial score (nSPS) is 10.8. The van der Waals surface area contributed by atoms with Crippen molar-refractivity contribution in [1.82, 2.24) is 0 Å². The van der Waals surface area contributed by atoms with Crippen molar-refractivity contribution in [3.05, 3.63) is 82.3 Å². The highest BCUT2D eigenvalue weighted by Gasteiger charge is 2.09. The molecule has 0 aliphatic rings. The van der Waals surface area contributed by atoms with Gasteiger partial charge in [-0.1, -0.05) is 40.2 Å². The summed E-state index contributed by atoms with van der Waals surface area (Å²) in [5, 5.41) is 13.2. The predicted molar refractivity (Wildman–Crippen MR) is 115 cm³/mol. The molecule has 0 atom stereocenters. The van der Waals surface area contributed by atoms with Crippen molar-refractivity contribution < 1.29 is 14.6 Å². The second-order valence-electron chi connectivity index (χ2n) is 5.90. The molecule has 0 aliphatic carbocycles. The van der Waals surface area contributed by atoms with Crippen LogP contribution in [-0.2, 0) is 0 Å². The molecule has 6 heteroatoms. The summed E-state index contributed by atoms with van der Waals surface area (Å²) in [7, 11) is 0. The third kappa shape index (κ3) is 4.98. The number of halogens is 1. The van der Waals surface area contributed by atoms with E-state index in [1.54, 1.807) is 48.7 Å². The topological polar surface area (TPSA) is 70.9 Å². The second-order valence-corrected chi connectivity index (χ2v) is 6.82. The number of hydrogen-bond donors (Lipinski definition) is 2. The standard InChI is InChI=1S/C22H19BrN2O3/c1-2-28-20-12-17(23)11-16(21(20)26)14-24-18-9-6-10-19(13-18)25-22(27)15-7-4-3-5-8-15/h3-14,26H,2H2,1H3,(H,25,27). The lowest BCUT2D eigenvalue weighted by atomic mass is 10.2. The molecule has 2 N–H and O–H groups in total. The lowest BCUT2D eigenvalue weighted by molar-refractivity contribution is 0.102. The fraction of sp³-hybridized carbons (Fsp3) is 0.0909. The number of hydrogen-bond acceptors (Lipinski definition) is 4. The highest BCUT2D eigenvalue weighted by molar-refractivity contribution is 9.10. The van der Waals surface area contributed by atoms with Crippen LogP contribution in [0.2, 0.25) is 0 Å². The molecule has 0 saturated carbocycles. The van der Waals surface area contributed by atoms with Crippen molar-refractivity contribution >= 4 is 39.4 Å². The van der Waals surface area contributed by atoms with Gasteiger partial charge >= 0.3 is 0 Å². The molecule has 1 amide bonds. The van der Waals surface area contributed by atoms with Gasteiger partial charge < -0.3 is 15.2 Å². The van der Waals surface area contributed by atoms with Gasteiger partial charge in [0.2, 0.25) is 0 Å². The summed E-state index contributed by atoms with van der Waals surface area (Å²) in [6, 6.07) is 19.6. The largest absolute Gasteiger partial charge is 0.504 e. The quantitative estimate of drug-likeness (QED) is 0.495. The van der Waals surface area contributed by atoms with Crippen LogP contribution in [0.15, 0.2) is 76.2 Å². The maximum atomic E-state index is 12.3. The first-order valence-corrected chi connectivity index (χ1v) is 9.52. The van der Waals surface area contributed by atoms with Crippen molar-refractivity contribution in [2.45, 2.75) is 6.92 Å². The number of anilines is 1. The van der Waals surface area contributed by atoms with E-state index in [0.29, 0.717) is 34.9 Å². The van der Waals surface area contributed by atoms with E-state index in [2.05, 4.69) is 26.2 Å². The van der Waals surface area contributed by atoms with E-state index in [9.17, 15) is 9.90 Å². The number of phenolic OH excluding ortho intramolecular Hbond substituents is 1. The van der Waals surface area contributed by atoms with Crippen LogP contribution in [0.3, 0.4) is 0 Å². The minimum absolute atomic E-state index is 0.0299. The molecule has 0 bridgehead atoms. The molecule has 3 aromatic rings. The lowest BCUT2D eigenvalue weighted by Crippen LogP contribution is -2.11. The molecule has 3 aromatic carbocycles. The molecule has 5 nitrogen and oxygen atoms in total. The lowest BCUT2D eigenvalue weighted by Gasteiger charge is -2.09. The summed E-state index contributed by atoms with van der Waals surface area (Å²) in [5.41, 5.74) is 2.38. The van der Waals surface area contributed by atoms with Gasteiger partial charge in [0.05, 0.1) is 12.3 Å². The monoisotopic (exact) mass is 438 g/mol. The molecule has 0 unspecified atom stereocenters. The summed E-state index contributed by atoms with van der Waals surface area (Å²) in [6.07, 6.45) is 1.56. The van der Waals surface area contributed by atoms with Gasteiger partial charge in [-0.2, -0.15) is 0 Å². The Bertz CT molecular complexity index is 1000. The summed E-state index contributed by atoms with van der Waals surface area (Å²) in [5.74, 6) is 0.234. The zero-order valence-electron chi connectivity index (χ0n) is 15.2. The van der Waals surface area contributed by atoms with Gasteiger partial charge in [0.15, 0.2) is 11.5 Å². The Morgan fingerprint density at radius 2 is 1.93 bits per heavy atom. The Labute approximate surface area is 171 Å². The molecular weight excluding hydrogens is 420 g/mol. The molecule has 0 aliphatic heterocycles. The fourth-order valence-electron chi connectivity index (χ4n) is 2.56. The van der Waals surface area contributed by atoms with Crippen molar-refractivity contribution in [3.63, 3.8) is 0 Å². The zero-order valence-corrected chi connectivity index (χ0v) is 16.8. The van der Waals surface area contributed by atoms with Gasteiger partial charge in [0.25, 0.3) is 5.91 Å². The Morgan fingerprint density at radius 3 is 2.68 bits per heavy atom. The molecular formula is C22H19BrN2O3. The maximum Gasteiger partial charge on any atom is 0.255 e. The van der Waals surface area contributed by atoms with Gasteiger partial charge in [-0.3, -0.25) is 9.79 Å². The maximum absolute atomic E-state index is 12.3. The number of ether oxygens (including phenoxy) is 1. The number of nitrogens with one attached hydrogen (secondary N) is 1. The van der Waals surface area contributed by atoms with E-state index < -0.39 is 0 Å². The first-order chi connectivity index (χ1) is 13.6. The number of nitrogens with zero attached hydrogens (tertiary/aromatic N) is 1. The molecule has 0 radical (unpaired) electrons. The second kappa shape index (κ2) is 9.19. The van der Waals surface area contributed by atoms with E-state index in [1.165, 1.54) is 0 Å². The van der Waals surface area contributed by atoms with Crippen LogP contribution in [0.5, 0.6) is 11.5 Å². The predicted octanol–water partition coefficient (Wildman–Crippen LogP) is 5.56. The number of phenols is 1. The number of aromatic hydroxyl groups is 1. The molecule has 0 fully saturated rings. The van der Waals surface area contributed by atoms with E-state index >= 15 is 0 Å². The molecule has 28 heavy (non-hydrogen) atoms. The summed E-state index contributed by atoms with van der Waals surface area (Å²) in [4.78, 5) is 16.7. The number of amides is 1. The summed E-state index contributed by atoms with van der Waals surface area (Å²) in [6.45, 7) is 2.30. The van der Waals surface area contributed by atoms with Crippen LogP contribution < -0.4 is 10.1 Å². The molecule has 0 aromatic heterocycles. The first-order valence-electron chi connectivity index (χ1n) is 8.72. The van der Waals surface area contributed by atoms with Crippen molar-refractivity contribution in [3.8, 4) is 11.5 Å². The molecule has 0 saturated heterocycles. The Balaban J connectivity index is 1.79. The molecule has 0 spiro atoms. The average Bonchev–Trinajstić information content (AvgIpc) is 2.70. The van der Waals surface area contributed by atoms with Gasteiger partial charge in [0.1, 0.15) is 0 Å². The van der Waals surface area contributed by atoms with Crippen LogP contribution in [0.4, 0.5) is 11.4 Å². The van der Waals surface area contributed by atoms with Crippen molar-refractivity contribution in [2.75, 3.05) is 11.9 Å². The smallest absolute Gasteiger partial charge is 0.255 e.